The van der Waals surface area contributed by atoms with Gasteiger partial charge in [-0.3, -0.25) is 10.1 Å². The summed E-state index contributed by atoms with van der Waals surface area (Å²) in [5.41, 5.74) is 5.72. The van der Waals surface area contributed by atoms with Crippen LogP contribution in [-0.2, 0) is 0 Å². The predicted molar refractivity (Wildman–Crippen MR) is 75.4 cm³/mol. The molecule has 0 aromatic heterocycles. The van der Waals surface area contributed by atoms with Gasteiger partial charge in [0.2, 0.25) is 0 Å². The Morgan fingerprint density at radius 1 is 1.50 bits per heavy atom. The fraction of sp³-hybridized carbons (Fsp3) is 0.500. The number of nitro benzene ring substituents is 1. The molecule has 0 spiro atoms. The van der Waals surface area contributed by atoms with E-state index in [1.807, 2.05) is 6.07 Å². The number of nitriles is 1. The Morgan fingerprint density at radius 2 is 2.20 bits per heavy atom. The number of hydrogen-bond donors (Lipinski definition) is 1. The normalized spacial score (nSPS) is 13.3. The highest BCUT2D eigenvalue weighted by molar-refractivity contribution is 5.42. The van der Waals surface area contributed by atoms with E-state index in [2.05, 4.69) is 0 Å². The van der Waals surface area contributed by atoms with Gasteiger partial charge in [0.05, 0.1) is 17.6 Å². The molecule has 6 nitrogen and oxygen atoms in total. The maximum atomic E-state index is 10.6. The summed E-state index contributed by atoms with van der Waals surface area (Å²) in [6, 6.07) is 6.57. The Bertz CT molecular complexity index is 521. The first kappa shape index (κ1) is 15.9. The molecule has 0 aliphatic carbocycles. The smallest absolute Gasteiger partial charge is 0.269 e. The molecule has 20 heavy (non-hydrogen) atoms. The molecule has 1 aromatic rings. The van der Waals surface area contributed by atoms with Crippen LogP contribution >= 0.6 is 0 Å². The van der Waals surface area contributed by atoms with Crippen molar-refractivity contribution in [1.29, 1.82) is 5.26 Å². The van der Waals surface area contributed by atoms with Crippen LogP contribution in [0.4, 0.5) is 5.69 Å². The number of hydrogen-bond acceptors (Lipinski definition) is 5. The summed E-state index contributed by atoms with van der Waals surface area (Å²) >= 11 is 0. The zero-order valence-corrected chi connectivity index (χ0v) is 11.8. The average molecular weight is 277 g/mol. The van der Waals surface area contributed by atoms with Gasteiger partial charge in [-0.2, -0.15) is 5.26 Å². The van der Waals surface area contributed by atoms with E-state index >= 15 is 0 Å². The van der Waals surface area contributed by atoms with Crippen molar-refractivity contribution in [1.82, 2.24) is 0 Å². The zero-order valence-electron chi connectivity index (χ0n) is 11.8. The van der Waals surface area contributed by atoms with Crippen molar-refractivity contribution >= 4 is 5.69 Å². The second kappa shape index (κ2) is 6.87. The molecule has 1 aromatic carbocycles. The van der Waals surface area contributed by atoms with Crippen LogP contribution in [0.1, 0.15) is 31.7 Å². The summed E-state index contributed by atoms with van der Waals surface area (Å²) in [5.74, 6) is 0.645. The minimum Gasteiger partial charge on any atom is -0.493 e. The molecule has 1 unspecified atom stereocenters. The van der Waals surface area contributed by atoms with Crippen LogP contribution in [0.25, 0.3) is 0 Å². The van der Waals surface area contributed by atoms with Crippen LogP contribution in [0, 0.1) is 28.4 Å². The van der Waals surface area contributed by atoms with Gasteiger partial charge in [0.1, 0.15) is 11.3 Å². The lowest BCUT2D eigenvalue weighted by atomic mass is 9.98. The molecule has 0 fully saturated rings. The molecule has 0 saturated heterocycles. The third kappa shape index (κ3) is 4.86. The standard InChI is InChI=1S/C14H19N3O3/c1-11-9-12(17(18)19)5-6-13(11)20-8-4-3-7-14(2,16)10-15/h5-6,9H,3-4,7-8,16H2,1-2H3. The van der Waals surface area contributed by atoms with E-state index in [1.165, 1.54) is 12.1 Å². The highest BCUT2D eigenvalue weighted by Crippen LogP contribution is 2.23. The van der Waals surface area contributed by atoms with Crippen molar-refractivity contribution in [2.24, 2.45) is 5.73 Å². The number of rotatable bonds is 7. The number of benzene rings is 1. The first-order valence-corrected chi connectivity index (χ1v) is 6.44. The molecule has 1 rings (SSSR count). The van der Waals surface area contributed by atoms with Crippen molar-refractivity contribution in [3.63, 3.8) is 0 Å². The molecule has 1 atom stereocenters. The lowest BCUT2D eigenvalue weighted by Crippen LogP contribution is -2.33. The molecular formula is C14H19N3O3. The Morgan fingerprint density at radius 3 is 2.75 bits per heavy atom. The molecule has 6 heteroatoms. The molecule has 108 valence electrons. The maximum Gasteiger partial charge on any atom is 0.269 e. The van der Waals surface area contributed by atoms with Gasteiger partial charge in [-0.1, -0.05) is 0 Å². The topological polar surface area (TPSA) is 102 Å². The summed E-state index contributed by atoms with van der Waals surface area (Å²) in [6.45, 7) is 3.98. The van der Waals surface area contributed by atoms with E-state index in [4.69, 9.17) is 15.7 Å². The van der Waals surface area contributed by atoms with E-state index in [0.29, 0.717) is 18.8 Å². The minimum absolute atomic E-state index is 0.0581. The summed E-state index contributed by atoms with van der Waals surface area (Å²) < 4.78 is 5.57. The Balaban J connectivity index is 2.40. The van der Waals surface area contributed by atoms with Crippen LogP contribution in [0.5, 0.6) is 5.75 Å². The summed E-state index contributed by atoms with van der Waals surface area (Å²) in [6.07, 6.45) is 2.20. The average Bonchev–Trinajstić information content (AvgIpc) is 2.39. The Kier molecular flexibility index (Phi) is 5.47. The van der Waals surface area contributed by atoms with E-state index in [9.17, 15) is 10.1 Å². The van der Waals surface area contributed by atoms with Gasteiger partial charge < -0.3 is 10.5 Å². The maximum absolute atomic E-state index is 10.6. The van der Waals surface area contributed by atoms with Gasteiger partial charge in [-0.25, -0.2) is 0 Å². The third-order valence-electron chi connectivity index (χ3n) is 2.97. The van der Waals surface area contributed by atoms with E-state index in [0.717, 1.165) is 18.4 Å². The quantitative estimate of drug-likeness (QED) is 0.469. The van der Waals surface area contributed by atoms with Crippen LogP contribution in [0.3, 0.4) is 0 Å². The molecular weight excluding hydrogens is 258 g/mol. The molecule has 0 heterocycles. The second-order valence-corrected chi connectivity index (χ2v) is 5.04. The number of nitro groups is 1. The van der Waals surface area contributed by atoms with Crippen molar-refractivity contribution in [2.75, 3.05) is 6.61 Å². The van der Waals surface area contributed by atoms with Crippen molar-refractivity contribution in [3.8, 4) is 11.8 Å². The Labute approximate surface area is 118 Å². The lowest BCUT2D eigenvalue weighted by molar-refractivity contribution is -0.384. The first-order valence-electron chi connectivity index (χ1n) is 6.44. The monoisotopic (exact) mass is 277 g/mol. The molecule has 0 radical (unpaired) electrons. The fourth-order valence-electron chi connectivity index (χ4n) is 1.74. The Hall–Kier alpha value is -2.13. The van der Waals surface area contributed by atoms with Gasteiger partial charge in [-0.05, 0) is 44.7 Å². The zero-order chi connectivity index (χ0) is 15.2. The van der Waals surface area contributed by atoms with Crippen LogP contribution in [-0.4, -0.2) is 17.1 Å². The predicted octanol–water partition coefficient (Wildman–Crippen LogP) is 2.69. The van der Waals surface area contributed by atoms with Gasteiger partial charge in [0, 0.05) is 12.1 Å². The van der Waals surface area contributed by atoms with E-state index < -0.39 is 10.5 Å². The summed E-state index contributed by atoms with van der Waals surface area (Å²) in [4.78, 5) is 10.2. The van der Waals surface area contributed by atoms with Gasteiger partial charge in [-0.15, -0.1) is 0 Å². The number of ether oxygens (including phenoxy) is 1. The van der Waals surface area contributed by atoms with E-state index in [-0.39, 0.29) is 5.69 Å². The number of nitrogens with zero attached hydrogens (tertiary/aromatic N) is 2. The van der Waals surface area contributed by atoms with Crippen molar-refractivity contribution < 1.29 is 9.66 Å². The summed E-state index contributed by atoms with van der Waals surface area (Å²) in [7, 11) is 0. The molecule has 0 amide bonds. The molecule has 0 saturated carbocycles. The van der Waals surface area contributed by atoms with Crippen LogP contribution < -0.4 is 10.5 Å². The van der Waals surface area contributed by atoms with Crippen molar-refractivity contribution in [2.45, 2.75) is 38.6 Å². The number of unbranched alkanes of at least 4 members (excludes halogenated alkanes) is 1. The molecule has 2 N–H and O–H groups in total. The minimum atomic E-state index is -0.788. The first-order chi connectivity index (χ1) is 9.35. The third-order valence-corrected chi connectivity index (χ3v) is 2.97. The number of aryl methyl sites for hydroxylation is 1. The fourth-order valence-corrected chi connectivity index (χ4v) is 1.74. The molecule has 0 bridgehead atoms. The van der Waals surface area contributed by atoms with Crippen LogP contribution in [0.2, 0.25) is 0 Å². The number of non-ortho nitro benzene ring substituents is 1. The van der Waals surface area contributed by atoms with E-state index in [1.54, 1.807) is 19.9 Å². The highest BCUT2D eigenvalue weighted by atomic mass is 16.6. The highest BCUT2D eigenvalue weighted by Gasteiger charge is 2.16. The van der Waals surface area contributed by atoms with Crippen LogP contribution in [0.15, 0.2) is 18.2 Å². The van der Waals surface area contributed by atoms with Gasteiger partial charge in [0.15, 0.2) is 0 Å². The van der Waals surface area contributed by atoms with Crippen molar-refractivity contribution in [3.05, 3.63) is 33.9 Å². The molecule has 0 aliphatic rings. The second-order valence-electron chi connectivity index (χ2n) is 5.04. The summed E-state index contributed by atoms with van der Waals surface area (Å²) in [5, 5.41) is 19.4. The lowest BCUT2D eigenvalue weighted by Gasteiger charge is -2.15. The number of nitrogens with two attached hydrogens (primary N) is 1. The van der Waals surface area contributed by atoms with Gasteiger partial charge in [0.25, 0.3) is 5.69 Å². The SMILES string of the molecule is Cc1cc([N+](=O)[O-])ccc1OCCCCC(C)(N)C#N. The molecule has 0 aliphatic heterocycles. The van der Waals surface area contributed by atoms with Gasteiger partial charge >= 0.3 is 0 Å². The largest absolute Gasteiger partial charge is 0.493 e.